The Morgan fingerprint density at radius 1 is 0.688 bits per heavy atom. The molecule has 0 aliphatic heterocycles. The summed E-state index contributed by atoms with van der Waals surface area (Å²) < 4.78 is 10.4. The van der Waals surface area contributed by atoms with Gasteiger partial charge in [-0.25, -0.2) is 4.79 Å². The topological polar surface area (TPSA) is 35.5 Å². The molecule has 180 valence electrons. The monoisotopic (exact) mass is 442 g/mol. The van der Waals surface area contributed by atoms with Gasteiger partial charge in [-0.1, -0.05) is 86.8 Å². The molecule has 0 fully saturated rings. The Hall–Kier alpha value is -2.29. The first-order valence-corrected chi connectivity index (χ1v) is 12.1. The van der Waals surface area contributed by atoms with Crippen LogP contribution in [0.15, 0.2) is 72.9 Å². The number of carbonyl (C=O) groups excluding carboxylic acids is 1. The van der Waals surface area contributed by atoms with E-state index in [4.69, 9.17) is 9.47 Å². The molecule has 0 aromatic heterocycles. The smallest absolute Gasteiger partial charge is 0.434 e. The lowest BCUT2D eigenvalue weighted by Crippen LogP contribution is -2.25. The van der Waals surface area contributed by atoms with Crippen LogP contribution in [0.3, 0.4) is 0 Å². The van der Waals surface area contributed by atoms with Crippen LogP contribution in [0, 0.1) is 5.92 Å². The van der Waals surface area contributed by atoms with Gasteiger partial charge in [-0.2, -0.15) is 0 Å². The first-order valence-electron chi connectivity index (χ1n) is 12.1. The van der Waals surface area contributed by atoms with Gasteiger partial charge < -0.3 is 9.47 Å². The van der Waals surface area contributed by atoms with Crippen molar-refractivity contribution in [3.63, 3.8) is 0 Å². The Morgan fingerprint density at radius 3 is 1.47 bits per heavy atom. The van der Waals surface area contributed by atoms with Crippen molar-refractivity contribution in [2.45, 2.75) is 91.6 Å². The second-order valence-corrected chi connectivity index (χ2v) is 8.70. The maximum atomic E-state index is 11.6. The van der Waals surface area contributed by atoms with Crippen molar-refractivity contribution in [3.8, 4) is 0 Å². The van der Waals surface area contributed by atoms with Crippen molar-refractivity contribution in [3.05, 3.63) is 72.9 Å². The van der Waals surface area contributed by atoms with Gasteiger partial charge in [-0.15, -0.1) is 0 Å². The highest BCUT2D eigenvalue weighted by molar-refractivity contribution is 5.60. The molecule has 0 radical (unpaired) electrons. The van der Waals surface area contributed by atoms with Crippen LogP contribution >= 0.6 is 0 Å². The summed E-state index contributed by atoms with van der Waals surface area (Å²) >= 11 is 0. The molecule has 32 heavy (non-hydrogen) atoms. The lowest BCUT2D eigenvalue weighted by molar-refractivity contribution is -0.0132. The average molecular weight is 443 g/mol. The Kier molecular flexibility index (Phi) is 19.1. The largest absolute Gasteiger partial charge is 0.508 e. The Bertz CT molecular complexity index is 627. The predicted molar refractivity (Wildman–Crippen MR) is 139 cm³/mol. The van der Waals surface area contributed by atoms with E-state index >= 15 is 0 Å². The fourth-order valence-electron chi connectivity index (χ4n) is 2.63. The molecule has 0 aromatic carbocycles. The van der Waals surface area contributed by atoms with Gasteiger partial charge in [-0.3, -0.25) is 0 Å². The number of hydrogen-bond acceptors (Lipinski definition) is 3. The van der Waals surface area contributed by atoms with E-state index in [9.17, 15) is 4.79 Å². The summed E-state index contributed by atoms with van der Waals surface area (Å²) in [6.45, 7) is 10.2. The predicted octanol–water partition coefficient (Wildman–Crippen LogP) is 9.05. The Morgan fingerprint density at radius 2 is 1.09 bits per heavy atom. The van der Waals surface area contributed by atoms with Gasteiger partial charge in [0.1, 0.15) is 5.60 Å². The standard InChI is InChI=1S/C29H46O3/c1-6-8-9-10-11-12-13-14-15-16-17-18-19-20-21-22-23-24-25-27(7-2)26-31-28(30)32-29(3,4)5/h8-9,11-12,14-15,17-18,20-21,23-24,27H,6-7,10,13,16,19,22,25-26H2,1-5H3/b9-8-,12-11-,15-14-,18-17-,21-20-,24-23-. The summed E-state index contributed by atoms with van der Waals surface area (Å²) in [4.78, 5) is 11.6. The molecule has 0 aromatic rings. The van der Waals surface area contributed by atoms with Crippen molar-refractivity contribution in [2.75, 3.05) is 6.61 Å². The molecule has 0 bridgehead atoms. The molecule has 0 amide bonds. The molecular formula is C29H46O3. The fraction of sp³-hybridized carbons (Fsp3) is 0.552. The maximum Gasteiger partial charge on any atom is 0.508 e. The third-order valence-corrected chi connectivity index (χ3v) is 4.47. The number of carbonyl (C=O) groups is 1. The van der Waals surface area contributed by atoms with Crippen LogP contribution in [-0.4, -0.2) is 18.4 Å². The number of rotatable bonds is 16. The zero-order chi connectivity index (χ0) is 23.9. The zero-order valence-corrected chi connectivity index (χ0v) is 21.1. The summed E-state index contributed by atoms with van der Waals surface area (Å²) in [5.41, 5.74) is -0.514. The summed E-state index contributed by atoms with van der Waals surface area (Å²) in [7, 11) is 0. The first-order chi connectivity index (χ1) is 15.4. The fourth-order valence-corrected chi connectivity index (χ4v) is 2.63. The van der Waals surface area contributed by atoms with Crippen molar-refractivity contribution in [1.82, 2.24) is 0 Å². The van der Waals surface area contributed by atoms with Crippen LogP contribution in [-0.2, 0) is 9.47 Å². The Labute approximate surface area is 197 Å². The molecule has 0 heterocycles. The highest BCUT2D eigenvalue weighted by Gasteiger charge is 2.18. The minimum absolute atomic E-state index is 0.326. The molecule has 0 rings (SSSR count). The van der Waals surface area contributed by atoms with Crippen molar-refractivity contribution in [2.24, 2.45) is 5.92 Å². The summed E-state index contributed by atoms with van der Waals surface area (Å²) in [6, 6.07) is 0. The van der Waals surface area contributed by atoms with Gasteiger partial charge in [0.2, 0.25) is 0 Å². The van der Waals surface area contributed by atoms with Crippen molar-refractivity contribution >= 4 is 6.16 Å². The second kappa shape index (κ2) is 20.6. The van der Waals surface area contributed by atoms with E-state index in [2.05, 4.69) is 86.8 Å². The van der Waals surface area contributed by atoms with Crippen LogP contribution in [0.5, 0.6) is 0 Å². The molecular weight excluding hydrogens is 396 g/mol. The number of ether oxygens (including phenoxy) is 2. The molecule has 3 nitrogen and oxygen atoms in total. The zero-order valence-electron chi connectivity index (χ0n) is 21.1. The highest BCUT2D eigenvalue weighted by atomic mass is 16.7. The normalized spacial score (nSPS) is 14.2. The molecule has 0 saturated carbocycles. The summed E-state index contributed by atoms with van der Waals surface area (Å²) in [5.74, 6) is 0.326. The minimum atomic E-state index is -0.585. The van der Waals surface area contributed by atoms with Crippen LogP contribution < -0.4 is 0 Å². The first kappa shape index (κ1) is 29.7. The molecule has 1 atom stereocenters. The van der Waals surface area contributed by atoms with Crippen LogP contribution in [0.2, 0.25) is 0 Å². The van der Waals surface area contributed by atoms with E-state index in [0.29, 0.717) is 12.5 Å². The van der Waals surface area contributed by atoms with Crippen LogP contribution in [0.1, 0.15) is 86.0 Å². The number of hydrogen-bond donors (Lipinski definition) is 0. The lowest BCUT2D eigenvalue weighted by Gasteiger charge is -2.20. The van der Waals surface area contributed by atoms with E-state index in [0.717, 1.165) is 51.4 Å². The molecule has 0 aliphatic rings. The third-order valence-electron chi connectivity index (χ3n) is 4.47. The summed E-state index contributed by atoms with van der Waals surface area (Å²) in [5, 5.41) is 0. The molecule has 1 unspecified atom stereocenters. The van der Waals surface area contributed by atoms with Gasteiger partial charge in [0, 0.05) is 0 Å². The minimum Gasteiger partial charge on any atom is -0.434 e. The lowest BCUT2D eigenvalue weighted by atomic mass is 10.0. The second-order valence-electron chi connectivity index (χ2n) is 8.70. The van der Waals surface area contributed by atoms with E-state index < -0.39 is 11.8 Å². The molecule has 0 N–H and O–H groups in total. The maximum absolute atomic E-state index is 11.6. The van der Waals surface area contributed by atoms with E-state index in [1.807, 2.05) is 20.8 Å². The van der Waals surface area contributed by atoms with Gasteiger partial charge >= 0.3 is 6.16 Å². The SMILES string of the molecule is CC/C=C\C/C=C\C/C=C\C/C=C\C/C=C\C/C=C\CC(CC)COC(=O)OC(C)(C)C. The van der Waals surface area contributed by atoms with Crippen LogP contribution in [0.4, 0.5) is 4.79 Å². The molecule has 0 spiro atoms. The van der Waals surface area contributed by atoms with E-state index in [1.165, 1.54) is 0 Å². The molecule has 0 aliphatic carbocycles. The van der Waals surface area contributed by atoms with Gasteiger partial charge in [0.25, 0.3) is 0 Å². The Balaban J connectivity index is 3.82. The average Bonchev–Trinajstić information content (AvgIpc) is 2.73. The summed E-state index contributed by atoms with van der Waals surface area (Å²) in [6.07, 6.45) is 33.7. The van der Waals surface area contributed by atoms with Crippen LogP contribution in [0.25, 0.3) is 0 Å². The molecule has 0 saturated heterocycles. The van der Waals surface area contributed by atoms with Gasteiger partial charge in [-0.05, 0) is 78.1 Å². The number of allylic oxidation sites excluding steroid dienone is 12. The van der Waals surface area contributed by atoms with Gasteiger partial charge in [0.05, 0.1) is 6.61 Å². The van der Waals surface area contributed by atoms with E-state index in [-0.39, 0.29) is 0 Å². The van der Waals surface area contributed by atoms with Crippen molar-refractivity contribution in [1.29, 1.82) is 0 Å². The van der Waals surface area contributed by atoms with E-state index in [1.54, 1.807) is 0 Å². The van der Waals surface area contributed by atoms with Gasteiger partial charge in [0.15, 0.2) is 0 Å². The highest BCUT2D eigenvalue weighted by Crippen LogP contribution is 2.13. The van der Waals surface area contributed by atoms with Crippen molar-refractivity contribution < 1.29 is 14.3 Å². The molecule has 3 heteroatoms. The third kappa shape index (κ3) is 22.4. The quantitative estimate of drug-likeness (QED) is 0.177.